The van der Waals surface area contributed by atoms with Gasteiger partial charge in [-0.3, -0.25) is 4.79 Å². The van der Waals surface area contributed by atoms with Crippen LogP contribution in [0.3, 0.4) is 0 Å². The van der Waals surface area contributed by atoms with E-state index in [0.717, 1.165) is 12.8 Å². The SMILES string of the molecule is CCC(C)OCOC(=O)C(C)(C)CC. The van der Waals surface area contributed by atoms with E-state index in [1.165, 1.54) is 0 Å². The maximum atomic E-state index is 11.5. The molecular formula is C11H22O3. The fourth-order valence-corrected chi connectivity index (χ4v) is 0.661. The van der Waals surface area contributed by atoms with Gasteiger partial charge in [0, 0.05) is 0 Å². The monoisotopic (exact) mass is 202 g/mol. The molecule has 0 aliphatic heterocycles. The van der Waals surface area contributed by atoms with E-state index < -0.39 is 5.41 Å². The minimum atomic E-state index is -0.404. The molecule has 0 radical (unpaired) electrons. The maximum absolute atomic E-state index is 11.5. The summed E-state index contributed by atoms with van der Waals surface area (Å²) < 4.78 is 10.3. The molecular weight excluding hydrogens is 180 g/mol. The lowest BCUT2D eigenvalue weighted by molar-refractivity contribution is -0.170. The molecule has 0 rings (SSSR count). The van der Waals surface area contributed by atoms with Crippen LogP contribution < -0.4 is 0 Å². The second-order valence-corrected chi connectivity index (χ2v) is 4.17. The zero-order valence-electron chi connectivity index (χ0n) is 9.92. The van der Waals surface area contributed by atoms with Crippen LogP contribution >= 0.6 is 0 Å². The molecule has 0 N–H and O–H groups in total. The molecule has 14 heavy (non-hydrogen) atoms. The van der Waals surface area contributed by atoms with Crippen LogP contribution in [0.2, 0.25) is 0 Å². The number of hydrogen-bond acceptors (Lipinski definition) is 3. The first-order valence-electron chi connectivity index (χ1n) is 5.22. The lowest BCUT2D eigenvalue weighted by Crippen LogP contribution is -2.27. The molecule has 0 saturated heterocycles. The summed E-state index contributed by atoms with van der Waals surface area (Å²) in [7, 11) is 0. The Morgan fingerprint density at radius 1 is 1.36 bits per heavy atom. The van der Waals surface area contributed by atoms with Gasteiger partial charge in [0.05, 0.1) is 11.5 Å². The van der Waals surface area contributed by atoms with Crippen molar-refractivity contribution in [2.45, 2.75) is 53.6 Å². The highest BCUT2D eigenvalue weighted by Crippen LogP contribution is 2.21. The van der Waals surface area contributed by atoms with Gasteiger partial charge < -0.3 is 9.47 Å². The number of hydrogen-bond donors (Lipinski definition) is 0. The Morgan fingerprint density at radius 3 is 2.36 bits per heavy atom. The molecule has 0 fully saturated rings. The van der Waals surface area contributed by atoms with Crippen molar-refractivity contribution in [1.82, 2.24) is 0 Å². The van der Waals surface area contributed by atoms with Crippen LogP contribution in [0.1, 0.15) is 47.5 Å². The van der Waals surface area contributed by atoms with Crippen molar-refractivity contribution < 1.29 is 14.3 Å². The van der Waals surface area contributed by atoms with Crippen molar-refractivity contribution in [3.05, 3.63) is 0 Å². The highest BCUT2D eigenvalue weighted by Gasteiger charge is 2.26. The normalized spacial score (nSPS) is 13.8. The van der Waals surface area contributed by atoms with Crippen molar-refractivity contribution in [3.63, 3.8) is 0 Å². The van der Waals surface area contributed by atoms with E-state index in [9.17, 15) is 4.79 Å². The first-order chi connectivity index (χ1) is 6.44. The molecule has 0 saturated carbocycles. The molecule has 0 amide bonds. The summed E-state index contributed by atoms with van der Waals surface area (Å²) >= 11 is 0. The standard InChI is InChI=1S/C11H22O3/c1-6-9(3)13-8-14-10(12)11(4,5)7-2/h9H,6-8H2,1-5H3. The maximum Gasteiger partial charge on any atom is 0.313 e. The second-order valence-electron chi connectivity index (χ2n) is 4.17. The van der Waals surface area contributed by atoms with Crippen LogP contribution in [-0.4, -0.2) is 18.9 Å². The Labute approximate surface area is 86.8 Å². The van der Waals surface area contributed by atoms with E-state index in [1.807, 2.05) is 34.6 Å². The lowest BCUT2D eigenvalue weighted by atomic mass is 9.91. The van der Waals surface area contributed by atoms with Gasteiger partial charge in [-0.25, -0.2) is 0 Å². The molecule has 0 aromatic carbocycles. The molecule has 3 nitrogen and oxygen atoms in total. The lowest BCUT2D eigenvalue weighted by Gasteiger charge is -2.20. The third-order valence-electron chi connectivity index (χ3n) is 2.55. The molecule has 1 unspecified atom stereocenters. The third-order valence-corrected chi connectivity index (χ3v) is 2.55. The van der Waals surface area contributed by atoms with Gasteiger partial charge in [-0.15, -0.1) is 0 Å². The van der Waals surface area contributed by atoms with Gasteiger partial charge in [0.25, 0.3) is 0 Å². The first kappa shape index (κ1) is 13.4. The zero-order valence-corrected chi connectivity index (χ0v) is 9.92. The van der Waals surface area contributed by atoms with Crippen molar-refractivity contribution >= 4 is 5.97 Å². The Balaban J connectivity index is 3.75. The summed E-state index contributed by atoms with van der Waals surface area (Å²) in [6, 6.07) is 0. The van der Waals surface area contributed by atoms with Crippen molar-refractivity contribution in [3.8, 4) is 0 Å². The summed E-state index contributed by atoms with van der Waals surface area (Å²) in [5.74, 6) is -0.191. The Bertz CT molecular complexity index is 175. The molecule has 1 atom stereocenters. The Morgan fingerprint density at radius 2 is 1.93 bits per heavy atom. The van der Waals surface area contributed by atoms with Gasteiger partial charge in [-0.1, -0.05) is 13.8 Å². The highest BCUT2D eigenvalue weighted by atomic mass is 16.7. The smallest absolute Gasteiger partial charge is 0.313 e. The van der Waals surface area contributed by atoms with Crippen LogP contribution in [0.5, 0.6) is 0 Å². The van der Waals surface area contributed by atoms with Crippen molar-refractivity contribution in [1.29, 1.82) is 0 Å². The predicted molar refractivity (Wildman–Crippen MR) is 55.9 cm³/mol. The Hall–Kier alpha value is -0.570. The average Bonchev–Trinajstić information content (AvgIpc) is 2.17. The molecule has 0 bridgehead atoms. The summed E-state index contributed by atoms with van der Waals surface area (Å²) in [6.45, 7) is 9.77. The summed E-state index contributed by atoms with van der Waals surface area (Å²) in [5, 5.41) is 0. The van der Waals surface area contributed by atoms with Crippen LogP contribution in [0.4, 0.5) is 0 Å². The molecule has 84 valence electrons. The van der Waals surface area contributed by atoms with Gasteiger partial charge in [0.15, 0.2) is 6.79 Å². The van der Waals surface area contributed by atoms with E-state index in [0.29, 0.717) is 0 Å². The van der Waals surface area contributed by atoms with Crippen LogP contribution in [-0.2, 0) is 14.3 Å². The first-order valence-corrected chi connectivity index (χ1v) is 5.22. The largest absolute Gasteiger partial charge is 0.438 e. The molecule has 0 spiro atoms. The van der Waals surface area contributed by atoms with E-state index in [4.69, 9.17) is 9.47 Å². The van der Waals surface area contributed by atoms with Crippen LogP contribution in [0, 0.1) is 5.41 Å². The van der Waals surface area contributed by atoms with Gasteiger partial charge in [-0.05, 0) is 33.6 Å². The van der Waals surface area contributed by atoms with Crippen LogP contribution in [0.15, 0.2) is 0 Å². The highest BCUT2D eigenvalue weighted by molar-refractivity contribution is 5.75. The van der Waals surface area contributed by atoms with Crippen molar-refractivity contribution in [2.24, 2.45) is 5.41 Å². The van der Waals surface area contributed by atoms with Gasteiger partial charge >= 0.3 is 5.97 Å². The molecule has 0 aromatic rings. The quantitative estimate of drug-likeness (QED) is 0.490. The van der Waals surface area contributed by atoms with E-state index in [1.54, 1.807) is 0 Å². The number of esters is 1. The van der Waals surface area contributed by atoms with Crippen molar-refractivity contribution in [2.75, 3.05) is 6.79 Å². The zero-order chi connectivity index (χ0) is 11.2. The summed E-state index contributed by atoms with van der Waals surface area (Å²) in [5.41, 5.74) is -0.404. The predicted octanol–water partition coefficient (Wildman–Crippen LogP) is 2.74. The second kappa shape index (κ2) is 6.02. The number of carbonyl (C=O) groups excluding carboxylic acids is 1. The third kappa shape index (κ3) is 4.61. The van der Waals surface area contributed by atoms with E-state index in [2.05, 4.69) is 0 Å². The average molecular weight is 202 g/mol. The fraction of sp³-hybridized carbons (Fsp3) is 0.909. The number of carbonyl (C=O) groups is 1. The van der Waals surface area contributed by atoms with Gasteiger partial charge in [0.1, 0.15) is 0 Å². The summed E-state index contributed by atoms with van der Waals surface area (Å²) in [6.07, 6.45) is 1.84. The van der Waals surface area contributed by atoms with Gasteiger partial charge in [0.2, 0.25) is 0 Å². The summed E-state index contributed by atoms with van der Waals surface area (Å²) in [4.78, 5) is 11.5. The molecule has 3 heteroatoms. The van der Waals surface area contributed by atoms with E-state index >= 15 is 0 Å². The van der Waals surface area contributed by atoms with Gasteiger partial charge in [-0.2, -0.15) is 0 Å². The number of rotatable bonds is 6. The topological polar surface area (TPSA) is 35.5 Å². The minimum Gasteiger partial charge on any atom is -0.438 e. The minimum absolute atomic E-state index is 0.0667. The van der Waals surface area contributed by atoms with Crippen LogP contribution in [0.25, 0.3) is 0 Å². The number of ether oxygens (including phenoxy) is 2. The fourth-order valence-electron chi connectivity index (χ4n) is 0.661. The molecule has 0 aliphatic rings. The molecule has 0 aromatic heterocycles. The van der Waals surface area contributed by atoms with E-state index in [-0.39, 0.29) is 18.9 Å². The molecule has 0 heterocycles. The molecule has 0 aliphatic carbocycles. The Kier molecular flexibility index (Phi) is 5.77.